The minimum Gasteiger partial charge on any atom is -0.419 e. The third kappa shape index (κ3) is 3.05. The molecule has 0 spiro atoms. The fourth-order valence-corrected chi connectivity index (χ4v) is 1.70. The maximum atomic E-state index is 13.4. The molecule has 1 N–H and O–H groups in total. The van der Waals surface area contributed by atoms with Crippen LogP contribution in [0.4, 0.5) is 22.0 Å². The summed E-state index contributed by atoms with van der Waals surface area (Å²) in [4.78, 5) is 36.1. The summed E-state index contributed by atoms with van der Waals surface area (Å²) in [5.74, 6) is -14.9. The fourth-order valence-electron chi connectivity index (χ4n) is 1.70. The molecule has 1 aromatic heterocycles. The van der Waals surface area contributed by atoms with Crippen molar-refractivity contribution in [2.24, 2.45) is 0 Å². The first-order valence-corrected chi connectivity index (χ1v) is 6.16. The van der Waals surface area contributed by atoms with Gasteiger partial charge in [-0.15, -0.1) is 0 Å². The van der Waals surface area contributed by atoms with Crippen molar-refractivity contribution >= 4 is 5.97 Å². The molecule has 2 aromatic rings. The van der Waals surface area contributed by atoms with Gasteiger partial charge in [-0.1, -0.05) is 0 Å². The van der Waals surface area contributed by atoms with E-state index < -0.39 is 58.6 Å². The van der Waals surface area contributed by atoms with Gasteiger partial charge in [-0.2, -0.15) is 8.78 Å². The highest BCUT2D eigenvalue weighted by molar-refractivity contribution is 5.72. The van der Waals surface area contributed by atoms with Crippen LogP contribution in [0.15, 0.2) is 15.8 Å². The first-order chi connectivity index (χ1) is 11.1. The van der Waals surface area contributed by atoms with Gasteiger partial charge in [-0.05, 0) is 6.92 Å². The van der Waals surface area contributed by atoms with Crippen molar-refractivity contribution in [1.82, 2.24) is 9.55 Å². The van der Waals surface area contributed by atoms with Crippen molar-refractivity contribution in [3.05, 3.63) is 61.7 Å². The zero-order chi connectivity index (χ0) is 18.2. The summed E-state index contributed by atoms with van der Waals surface area (Å²) in [6.07, 6.45) is 0.959. The molecule has 0 aliphatic carbocycles. The maximum absolute atomic E-state index is 13.4. The molecule has 0 aliphatic rings. The number of esters is 1. The zero-order valence-electron chi connectivity index (χ0n) is 11.8. The number of benzene rings is 1. The predicted molar refractivity (Wildman–Crippen MR) is 67.9 cm³/mol. The largest absolute Gasteiger partial charge is 0.419 e. The Bertz CT molecular complexity index is 922. The molecule has 0 radical (unpaired) electrons. The topological polar surface area (TPSA) is 81.2 Å². The number of H-pyrrole nitrogens is 1. The molecule has 0 amide bonds. The van der Waals surface area contributed by atoms with E-state index in [1.807, 2.05) is 4.98 Å². The molecule has 6 nitrogen and oxygen atoms in total. The molecule has 1 heterocycles. The molecule has 0 bridgehead atoms. The molecule has 0 atom stereocenters. The summed E-state index contributed by atoms with van der Waals surface area (Å²) in [7, 11) is 0. The molecule has 0 aliphatic heterocycles. The lowest BCUT2D eigenvalue weighted by Gasteiger charge is -2.09. The number of hydrogen-bond donors (Lipinski definition) is 1. The van der Waals surface area contributed by atoms with E-state index in [1.165, 1.54) is 6.92 Å². The number of carbonyl (C=O) groups excluding carboxylic acids is 1. The number of aromatic nitrogens is 2. The third-order valence-corrected chi connectivity index (χ3v) is 2.87. The lowest BCUT2D eigenvalue weighted by atomic mass is 10.2. The van der Waals surface area contributed by atoms with Crippen LogP contribution in [0.3, 0.4) is 0 Å². The number of aryl methyl sites for hydroxylation is 1. The standard InChI is InChI=1S/C13H7F5N2O4/c1-4-2-20(13(23)19-12(4)22)3-5(21)24-11-9(17)7(15)6(14)8(16)10(11)18/h2H,3H2,1H3,(H,19,22,23). The second-order valence-corrected chi connectivity index (χ2v) is 4.57. The normalized spacial score (nSPS) is 10.8. The second kappa shape index (κ2) is 6.26. The second-order valence-electron chi connectivity index (χ2n) is 4.57. The Balaban J connectivity index is 2.34. The van der Waals surface area contributed by atoms with Gasteiger partial charge in [0.15, 0.2) is 0 Å². The van der Waals surface area contributed by atoms with Gasteiger partial charge in [0.2, 0.25) is 34.8 Å². The molecule has 0 saturated carbocycles. The lowest BCUT2D eigenvalue weighted by molar-refractivity contribution is -0.135. The molecule has 0 saturated heterocycles. The summed E-state index contributed by atoms with van der Waals surface area (Å²) in [6.45, 7) is 0.375. The Morgan fingerprint density at radius 3 is 2.08 bits per heavy atom. The van der Waals surface area contributed by atoms with Gasteiger partial charge in [0.1, 0.15) is 6.54 Å². The van der Waals surface area contributed by atoms with Crippen LogP contribution in [-0.2, 0) is 11.3 Å². The van der Waals surface area contributed by atoms with Crippen LogP contribution in [0.1, 0.15) is 5.56 Å². The molecular weight excluding hydrogens is 343 g/mol. The van der Waals surface area contributed by atoms with Gasteiger partial charge >= 0.3 is 11.7 Å². The Labute approximate surface area is 129 Å². The fraction of sp³-hybridized carbons (Fsp3) is 0.154. The maximum Gasteiger partial charge on any atom is 0.331 e. The number of ether oxygens (including phenoxy) is 1. The quantitative estimate of drug-likeness (QED) is 0.296. The van der Waals surface area contributed by atoms with Crippen molar-refractivity contribution in [2.45, 2.75) is 13.5 Å². The number of nitrogens with one attached hydrogen (secondary N) is 1. The van der Waals surface area contributed by atoms with Crippen molar-refractivity contribution in [3.8, 4) is 5.75 Å². The molecule has 1 aromatic carbocycles. The molecule has 24 heavy (non-hydrogen) atoms. The molecular formula is C13H7F5N2O4. The van der Waals surface area contributed by atoms with E-state index in [4.69, 9.17) is 0 Å². The van der Waals surface area contributed by atoms with Gasteiger partial charge in [0, 0.05) is 11.8 Å². The lowest BCUT2D eigenvalue weighted by Crippen LogP contribution is -2.33. The summed E-state index contributed by atoms with van der Waals surface area (Å²) in [5, 5.41) is 0. The number of halogens is 5. The Morgan fingerprint density at radius 2 is 1.54 bits per heavy atom. The SMILES string of the molecule is Cc1cn(CC(=O)Oc2c(F)c(F)c(F)c(F)c2F)c(=O)[nH]c1=O. The number of nitrogens with zero attached hydrogens (tertiary/aromatic N) is 1. The molecule has 11 heteroatoms. The summed E-state index contributed by atoms with van der Waals surface area (Å²) >= 11 is 0. The number of hydrogen-bond acceptors (Lipinski definition) is 4. The third-order valence-electron chi connectivity index (χ3n) is 2.87. The molecule has 0 unspecified atom stereocenters. The van der Waals surface area contributed by atoms with Crippen LogP contribution < -0.4 is 16.0 Å². The van der Waals surface area contributed by atoms with Crippen LogP contribution in [0.2, 0.25) is 0 Å². The van der Waals surface area contributed by atoms with Crippen LogP contribution in [0, 0.1) is 36.0 Å². The smallest absolute Gasteiger partial charge is 0.331 e. The average Bonchev–Trinajstić information content (AvgIpc) is 2.53. The van der Waals surface area contributed by atoms with Crippen molar-refractivity contribution in [2.75, 3.05) is 0 Å². The summed E-state index contributed by atoms with van der Waals surface area (Å²) in [6, 6.07) is 0. The minimum absolute atomic E-state index is 0.0404. The highest BCUT2D eigenvalue weighted by Crippen LogP contribution is 2.29. The zero-order valence-corrected chi connectivity index (χ0v) is 11.8. The van der Waals surface area contributed by atoms with Gasteiger partial charge in [0.05, 0.1) is 0 Å². The average molecular weight is 350 g/mol. The summed E-state index contributed by atoms with van der Waals surface area (Å²) in [5.41, 5.74) is -1.71. The number of rotatable bonds is 3. The molecule has 128 valence electrons. The van der Waals surface area contributed by atoms with E-state index in [0.29, 0.717) is 4.57 Å². The minimum atomic E-state index is -2.41. The highest BCUT2D eigenvalue weighted by atomic mass is 19.2. The number of carbonyl (C=O) groups is 1. The first-order valence-electron chi connectivity index (χ1n) is 6.16. The van der Waals surface area contributed by atoms with Crippen molar-refractivity contribution < 1.29 is 31.5 Å². The van der Waals surface area contributed by atoms with E-state index in [2.05, 4.69) is 4.74 Å². The first kappa shape index (κ1) is 17.4. The van der Waals surface area contributed by atoms with E-state index in [0.717, 1.165) is 6.20 Å². The Morgan fingerprint density at radius 1 is 1.04 bits per heavy atom. The van der Waals surface area contributed by atoms with Crippen LogP contribution in [0.5, 0.6) is 5.75 Å². The van der Waals surface area contributed by atoms with E-state index >= 15 is 0 Å². The molecule has 2 rings (SSSR count). The Kier molecular flexibility index (Phi) is 4.53. The van der Waals surface area contributed by atoms with Gasteiger partial charge in [-0.3, -0.25) is 14.3 Å². The Hall–Kier alpha value is -2.98. The van der Waals surface area contributed by atoms with Crippen molar-refractivity contribution in [1.29, 1.82) is 0 Å². The monoisotopic (exact) mass is 350 g/mol. The van der Waals surface area contributed by atoms with E-state index in [1.54, 1.807) is 0 Å². The highest BCUT2D eigenvalue weighted by Gasteiger charge is 2.28. The van der Waals surface area contributed by atoms with Crippen LogP contribution >= 0.6 is 0 Å². The van der Waals surface area contributed by atoms with Crippen LogP contribution in [0.25, 0.3) is 0 Å². The van der Waals surface area contributed by atoms with E-state index in [-0.39, 0.29) is 5.56 Å². The van der Waals surface area contributed by atoms with Gasteiger partial charge in [0.25, 0.3) is 5.56 Å². The van der Waals surface area contributed by atoms with Gasteiger partial charge in [-0.25, -0.2) is 22.8 Å². The van der Waals surface area contributed by atoms with Crippen LogP contribution in [-0.4, -0.2) is 15.5 Å². The van der Waals surface area contributed by atoms with Gasteiger partial charge < -0.3 is 4.74 Å². The molecule has 0 fully saturated rings. The van der Waals surface area contributed by atoms with Crippen molar-refractivity contribution in [3.63, 3.8) is 0 Å². The predicted octanol–water partition coefficient (Wildman–Crippen LogP) is 1.15. The van der Waals surface area contributed by atoms with E-state index in [9.17, 15) is 36.3 Å². The summed E-state index contributed by atoms with van der Waals surface area (Å²) < 4.78 is 70.4. The number of aromatic amines is 1.